The van der Waals surface area contributed by atoms with E-state index in [2.05, 4.69) is 20.6 Å². The molecule has 1 aliphatic heterocycles. The average Bonchev–Trinajstić information content (AvgIpc) is 3.27. The second-order valence-electron chi connectivity index (χ2n) is 8.14. The van der Waals surface area contributed by atoms with E-state index in [0.717, 1.165) is 25.7 Å². The Bertz CT molecular complexity index is 1390. The lowest BCUT2D eigenvalue weighted by molar-refractivity contribution is 0.0849. The van der Waals surface area contributed by atoms with Gasteiger partial charge in [-0.3, -0.25) is 20.4 Å². The molecule has 5 rings (SSSR count). The number of benzene rings is 2. The molecule has 1 aliphatic carbocycles. The first-order valence-corrected chi connectivity index (χ1v) is 13.2. The van der Waals surface area contributed by atoms with Crippen molar-refractivity contribution in [1.29, 1.82) is 0 Å². The van der Waals surface area contributed by atoms with Crippen LogP contribution in [0.5, 0.6) is 0 Å². The normalized spacial score (nSPS) is 15.9. The molecule has 0 bridgehead atoms. The number of amidine groups is 1. The Morgan fingerprint density at radius 1 is 0.882 bits per heavy atom. The van der Waals surface area contributed by atoms with Gasteiger partial charge in [0.1, 0.15) is 4.90 Å². The van der Waals surface area contributed by atoms with Gasteiger partial charge in [0.2, 0.25) is 0 Å². The van der Waals surface area contributed by atoms with Crippen LogP contribution in [0.2, 0.25) is 0 Å². The second-order valence-corrected chi connectivity index (χ2v) is 10.9. The maximum absolute atomic E-state index is 12.5. The van der Waals surface area contributed by atoms with Gasteiger partial charge in [-0.2, -0.15) is 8.42 Å². The highest BCUT2D eigenvalue weighted by molar-refractivity contribution is 7.90. The lowest BCUT2D eigenvalue weighted by Crippen LogP contribution is -2.41. The summed E-state index contributed by atoms with van der Waals surface area (Å²) in [7, 11) is -3.72. The van der Waals surface area contributed by atoms with Gasteiger partial charge >= 0.3 is 0 Å². The highest BCUT2D eigenvalue weighted by atomic mass is 32.2. The summed E-state index contributed by atoms with van der Waals surface area (Å²) in [6.45, 7) is 0. The molecule has 174 valence electrons. The zero-order valence-corrected chi connectivity index (χ0v) is 19.8. The van der Waals surface area contributed by atoms with Gasteiger partial charge in [0.25, 0.3) is 21.8 Å². The number of hydrogen-bond acceptors (Lipinski definition) is 6. The van der Waals surface area contributed by atoms with Gasteiger partial charge in [-0.25, -0.2) is 0 Å². The molecule has 0 unspecified atom stereocenters. The van der Waals surface area contributed by atoms with Gasteiger partial charge in [0.05, 0.1) is 4.88 Å². The van der Waals surface area contributed by atoms with Crippen LogP contribution < -0.4 is 16.2 Å². The van der Waals surface area contributed by atoms with Crippen molar-refractivity contribution in [3.8, 4) is 0 Å². The molecule has 0 saturated heterocycles. The number of fused-ring (bicyclic) bond motifs is 2. The monoisotopic (exact) mass is 494 g/mol. The molecule has 1 aromatic heterocycles. The summed E-state index contributed by atoms with van der Waals surface area (Å²) < 4.78 is 28.2. The number of rotatable bonds is 3. The molecule has 34 heavy (non-hydrogen) atoms. The number of thiophene rings is 1. The molecule has 0 spiro atoms. The van der Waals surface area contributed by atoms with Crippen LogP contribution in [-0.4, -0.2) is 26.1 Å². The van der Waals surface area contributed by atoms with E-state index < -0.39 is 15.9 Å². The molecule has 2 aromatic carbocycles. The molecule has 0 fully saturated rings. The number of carbonyl (C=O) groups is 2. The molecule has 0 atom stereocenters. The molecule has 10 heteroatoms. The second kappa shape index (κ2) is 9.03. The number of carbonyl (C=O) groups excluding carboxylic acids is 2. The maximum atomic E-state index is 12.5. The quantitative estimate of drug-likeness (QED) is 0.380. The largest absolute Gasteiger partial charge is 0.339 e. The minimum atomic E-state index is -3.72. The van der Waals surface area contributed by atoms with Gasteiger partial charge in [-0.1, -0.05) is 18.6 Å². The lowest BCUT2D eigenvalue weighted by atomic mass is 10.1. The summed E-state index contributed by atoms with van der Waals surface area (Å²) in [4.78, 5) is 27.0. The van der Waals surface area contributed by atoms with Crippen LogP contribution in [-0.2, 0) is 22.9 Å². The van der Waals surface area contributed by atoms with Gasteiger partial charge in [-0.05, 0) is 73.7 Å². The van der Waals surface area contributed by atoms with Crippen LogP contribution in [0.3, 0.4) is 0 Å². The summed E-state index contributed by atoms with van der Waals surface area (Å²) in [5, 5.41) is 2.99. The Kier molecular flexibility index (Phi) is 5.93. The zero-order chi connectivity index (χ0) is 23.7. The van der Waals surface area contributed by atoms with Gasteiger partial charge in [-0.15, -0.1) is 15.7 Å². The Morgan fingerprint density at radius 2 is 1.62 bits per heavy atom. The Hall–Kier alpha value is -3.50. The van der Waals surface area contributed by atoms with Crippen molar-refractivity contribution in [3.05, 3.63) is 81.0 Å². The first-order valence-electron chi connectivity index (χ1n) is 10.9. The number of nitrogens with one attached hydrogen (secondary N) is 3. The summed E-state index contributed by atoms with van der Waals surface area (Å²) >= 11 is 1.49. The molecule has 0 radical (unpaired) electrons. The number of aryl methyl sites for hydroxylation is 2. The first-order chi connectivity index (χ1) is 16.4. The molecular formula is C24H22N4O4S2. The third kappa shape index (κ3) is 4.46. The molecule has 3 N–H and O–H groups in total. The van der Waals surface area contributed by atoms with Gasteiger partial charge in [0.15, 0.2) is 5.84 Å². The van der Waals surface area contributed by atoms with E-state index in [9.17, 15) is 18.0 Å². The predicted octanol–water partition coefficient (Wildman–Crippen LogP) is 3.65. The van der Waals surface area contributed by atoms with E-state index in [-0.39, 0.29) is 16.6 Å². The molecular weight excluding hydrogens is 472 g/mol. The van der Waals surface area contributed by atoms with Crippen molar-refractivity contribution in [1.82, 2.24) is 10.9 Å². The minimum Gasteiger partial charge on any atom is -0.339 e. The van der Waals surface area contributed by atoms with Crippen LogP contribution in [0.1, 0.15) is 55.3 Å². The number of hydrogen-bond donors (Lipinski definition) is 3. The van der Waals surface area contributed by atoms with Crippen LogP contribution in [0.25, 0.3) is 0 Å². The van der Waals surface area contributed by atoms with Crippen molar-refractivity contribution in [3.63, 3.8) is 0 Å². The molecule has 3 aromatic rings. The standard InChI is InChI=1S/C24H22N4O4S2/c29-23(26-27-24(30)20-14-16-6-2-1-3-8-19(16)33-20)15-10-12-17(13-11-15)25-22-18-7-4-5-9-21(18)34(31,32)28-22/h4-5,7,9-14H,1-3,6,8H2,(H,25,28)(H,26,29)(H,27,30). The number of sulfonamides is 1. The topological polar surface area (TPSA) is 117 Å². The van der Waals surface area contributed by atoms with E-state index in [1.807, 2.05) is 6.07 Å². The number of anilines is 1. The zero-order valence-electron chi connectivity index (χ0n) is 18.1. The van der Waals surface area contributed by atoms with Crippen molar-refractivity contribution in [2.75, 3.05) is 5.32 Å². The fraction of sp³-hybridized carbons (Fsp3) is 0.208. The van der Waals surface area contributed by atoms with Crippen LogP contribution in [0.4, 0.5) is 5.69 Å². The molecule has 2 amide bonds. The summed E-state index contributed by atoms with van der Waals surface area (Å²) in [5.41, 5.74) is 7.59. The Balaban J connectivity index is 1.21. The van der Waals surface area contributed by atoms with E-state index in [0.29, 0.717) is 21.7 Å². The van der Waals surface area contributed by atoms with E-state index in [1.54, 1.807) is 42.5 Å². The summed E-state index contributed by atoms with van der Waals surface area (Å²) in [5.74, 6) is -0.553. The van der Waals surface area contributed by atoms with Crippen molar-refractivity contribution < 1.29 is 18.0 Å². The minimum absolute atomic E-state index is 0.159. The van der Waals surface area contributed by atoms with E-state index >= 15 is 0 Å². The van der Waals surface area contributed by atoms with Gasteiger partial charge in [0, 0.05) is 21.7 Å². The third-order valence-corrected chi connectivity index (χ3v) is 8.37. The summed E-state index contributed by atoms with van der Waals surface area (Å²) in [6.07, 6.45) is 5.50. The van der Waals surface area contributed by atoms with E-state index in [4.69, 9.17) is 0 Å². The number of nitrogens with zero attached hydrogens (tertiary/aromatic N) is 1. The van der Waals surface area contributed by atoms with Crippen LogP contribution in [0, 0.1) is 0 Å². The first kappa shape index (κ1) is 22.3. The Labute approximate surface area is 201 Å². The van der Waals surface area contributed by atoms with Crippen LogP contribution in [0.15, 0.2) is 63.9 Å². The lowest BCUT2D eigenvalue weighted by Gasteiger charge is -2.09. The van der Waals surface area contributed by atoms with Crippen LogP contribution >= 0.6 is 11.3 Å². The number of hydrazine groups is 1. The highest BCUT2D eigenvalue weighted by Crippen LogP contribution is 2.29. The highest BCUT2D eigenvalue weighted by Gasteiger charge is 2.28. The molecule has 2 heterocycles. The SMILES string of the molecule is O=C(NNC(=O)c1cc2c(s1)CCCCC2)c1ccc(NC2=NS(=O)(=O)c3ccccc32)cc1. The fourth-order valence-electron chi connectivity index (χ4n) is 4.06. The Morgan fingerprint density at radius 3 is 2.44 bits per heavy atom. The average molecular weight is 495 g/mol. The van der Waals surface area contributed by atoms with Crippen molar-refractivity contribution >= 4 is 44.7 Å². The molecule has 2 aliphatic rings. The van der Waals surface area contributed by atoms with Crippen molar-refractivity contribution in [2.24, 2.45) is 4.40 Å². The molecule has 8 nitrogen and oxygen atoms in total. The number of amides is 2. The maximum Gasteiger partial charge on any atom is 0.285 e. The third-order valence-electron chi connectivity index (χ3n) is 5.80. The smallest absolute Gasteiger partial charge is 0.285 e. The predicted molar refractivity (Wildman–Crippen MR) is 131 cm³/mol. The van der Waals surface area contributed by atoms with Gasteiger partial charge < -0.3 is 5.32 Å². The fourth-order valence-corrected chi connectivity index (χ4v) is 6.39. The molecule has 0 saturated carbocycles. The van der Waals surface area contributed by atoms with Crippen molar-refractivity contribution in [2.45, 2.75) is 37.0 Å². The van der Waals surface area contributed by atoms with E-state index in [1.165, 1.54) is 34.3 Å². The summed E-state index contributed by atoms with van der Waals surface area (Å²) in [6, 6.07) is 14.9.